The van der Waals surface area contributed by atoms with E-state index < -0.39 is 5.41 Å². The molecule has 5 heteroatoms. The predicted molar refractivity (Wildman–Crippen MR) is 78.9 cm³/mol. The topological polar surface area (TPSA) is 48.4 Å². The van der Waals surface area contributed by atoms with Crippen molar-refractivity contribution in [3.8, 4) is 0 Å². The van der Waals surface area contributed by atoms with E-state index in [1.807, 2.05) is 26.2 Å². The van der Waals surface area contributed by atoms with Crippen molar-refractivity contribution in [2.24, 2.45) is 0 Å². The summed E-state index contributed by atoms with van der Waals surface area (Å²) < 4.78 is 11.1. The minimum absolute atomic E-state index is 0.230. The molecule has 112 valence electrons. The number of hydrogen-bond donors (Lipinski definition) is 0. The Kier molecular flexibility index (Phi) is 4.49. The Balaban J connectivity index is 2.22. The average Bonchev–Trinajstić information content (AvgIpc) is 2.91. The molecule has 0 amide bonds. The number of ether oxygens (including phenoxy) is 2. The van der Waals surface area contributed by atoms with Gasteiger partial charge in [-0.3, -0.25) is 4.79 Å². The fourth-order valence-electron chi connectivity index (χ4n) is 2.32. The quantitative estimate of drug-likeness (QED) is 0.799. The normalized spacial score (nSPS) is 23.6. The first kappa shape index (κ1) is 15.4. The summed E-state index contributed by atoms with van der Waals surface area (Å²) in [5.74, 6) is -0.230. The standard InChI is InChI=1S/C15H23NO3S/c1-5-18-13(17)14(2,3)11-10-20-12(16-11)15(4)8-6-7-9-19-15/h10H,5-9H2,1-4H3. The molecule has 1 atom stereocenters. The van der Waals surface area contributed by atoms with Gasteiger partial charge in [0.2, 0.25) is 0 Å². The van der Waals surface area contributed by atoms with Crippen LogP contribution >= 0.6 is 11.3 Å². The predicted octanol–water partition coefficient (Wildman–Crippen LogP) is 3.40. The third kappa shape index (κ3) is 2.88. The second kappa shape index (κ2) is 5.82. The van der Waals surface area contributed by atoms with Gasteiger partial charge in [0.25, 0.3) is 0 Å². The van der Waals surface area contributed by atoms with Crippen molar-refractivity contribution in [1.82, 2.24) is 4.98 Å². The highest BCUT2D eigenvalue weighted by molar-refractivity contribution is 7.09. The molecular weight excluding hydrogens is 274 g/mol. The fourth-order valence-corrected chi connectivity index (χ4v) is 3.45. The third-order valence-electron chi connectivity index (χ3n) is 3.85. The molecule has 0 N–H and O–H groups in total. The zero-order valence-corrected chi connectivity index (χ0v) is 13.5. The van der Waals surface area contributed by atoms with E-state index in [9.17, 15) is 4.79 Å². The highest BCUT2D eigenvalue weighted by Crippen LogP contribution is 2.38. The lowest BCUT2D eigenvalue weighted by Crippen LogP contribution is -2.33. The van der Waals surface area contributed by atoms with E-state index in [0.717, 1.165) is 36.6 Å². The van der Waals surface area contributed by atoms with Crippen molar-refractivity contribution in [3.05, 3.63) is 16.1 Å². The van der Waals surface area contributed by atoms with Gasteiger partial charge in [-0.25, -0.2) is 4.98 Å². The molecule has 1 fully saturated rings. The Morgan fingerprint density at radius 1 is 1.55 bits per heavy atom. The van der Waals surface area contributed by atoms with Crippen LogP contribution in [0.15, 0.2) is 5.38 Å². The van der Waals surface area contributed by atoms with Crippen LogP contribution in [0.25, 0.3) is 0 Å². The van der Waals surface area contributed by atoms with Gasteiger partial charge in [0.05, 0.1) is 12.3 Å². The molecule has 1 aliphatic rings. The van der Waals surface area contributed by atoms with Crippen LogP contribution in [-0.2, 0) is 25.3 Å². The van der Waals surface area contributed by atoms with E-state index in [4.69, 9.17) is 9.47 Å². The highest BCUT2D eigenvalue weighted by Gasteiger charge is 2.38. The van der Waals surface area contributed by atoms with Crippen LogP contribution in [-0.4, -0.2) is 24.2 Å². The maximum absolute atomic E-state index is 12.0. The lowest BCUT2D eigenvalue weighted by Gasteiger charge is -2.32. The minimum atomic E-state index is -0.713. The lowest BCUT2D eigenvalue weighted by atomic mass is 9.90. The number of esters is 1. The molecule has 1 aromatic heterocycles. The van der Waals surface area contributed by atoms with Gasteiger partial charge in [-0.1, -0.05) is 0 Å². The molecule has 0 bridgehead atoms. The zero-order chi connectivity index (χ0) is 14.8. The van der Waals surface area contributed by atoms with Gasteiger partial charge >= 0.3 is 5.97 Å². The number of aromatic nitrogens is 1. The molecule has 0 aliphatic carbocycles. The number of carbonyl (C=O) groups is 1. The van der Waals surface area contributed by atoms with E-state index in [0.29, 0.717) is 6.61 Å². The summed E-state index contributed by atoms with van der Waals surface area (Å²) in [6.45, 7) is 8.79. The number of nitrogens with zero attached hydrogens (tertiary/aromatic N) is 1. The van der Waals surface area contributed by atoms with Crippen molar-refractivity contribution in [2.75, 3.05) is 13.2 Å². The first-order valence-corrected chi connectivity index (χ1v) is 8.06. The van der Waals surface area contributed by atoms with Crippen LogP contribution in [0.2, 0.25) is 0 Å². The second-order valence-electron chi connectivity index (χ2n) is 5.92. The average molecular weight is 297 g/mol. The fraction of sp³-hybridized carbons (Fsp3) is 0.733. The zero-order valence-electron chi connectivity index (χ0n) is 12.7. The SMILES string of the molecule is CCOC(=O)C(C)(C)c1csc(C2(C)CCCCO2)n1. The summed E-state index contributed by atoms with van der Waals surface area (Å²) in [5, 5.41) is 2.92. The first-order chi connectivity index (χ1) is 9.40. The minimum Gasteiger partial charge on any atom is -0.465 e. The van der Waals surface area contributed by atoms with Crippen LogP contribution in [0.1, 0.15) is 57.7 Å². The monoisotopic (exact) mass is 297 g/mol. The molecule has 4 nitrogen and oxygen atoms in total. The Labute approximate surface area is 124 Å². The number of hydrogen-bond acceptors (Lipinski definition) is 5. The molecule has 0 radical (unpaired) electrons. The summed E-state index contributed by atoms with van der Waals surface area (Å²) in [5.41, 5.74) is -0.242. The van der Waals surface area contributed by atoms with Gasteiger partial charge < -0.3 is 9.47 Å². The summed E-state index contributed by atoms with van der Waals surface area (Å²) in [7, 11) is 0. The molecule has 1 unspecified atom stereocenters. The van der Waals surface area contributed by atoms with E-state index >= 15 is 0 Å². The summed E-state index contributed by atoms with van der Waals surface area (Å²) in [6, 6.07) is 0. The highest BCUT2D eigenvalue weighted by atomic mass is 32.1. The lowest BCUT2D eigenvalue weighted by molar-refractivity contribution is -0.149. The van der Waals surface area contributed by atoms with Gasteiger partial charge in [-0.15, -0.1) is 11.3 Å². The molecular formula is C15H23NO3S. The summed E-state index contributed by atoms with van der Waals surface area (Å²) in [4.78, 5) is 16.7. The van der Waals surface area contributed by atoms with Gasteiger partial charge in [0.1, 0.15) is 16.0 Å². The van der Waals surface area contributed by atoms with Gasteiger partial charge in [0, 0.05) is 12.0 Å². The number of carbonyl (C=O) groups excluding carboxylic acids is 1. The Bertz CT molecular complexity index is 475. The molecule has 2 rings (SSSR count). The maximum Gasteiger partial charge on any atom is 0.317 e. The largest absolute Gasteiger partial charge is 0.465 e. The summed E-state index contributed by atoms with van der Waals surface area (Å²) in [6.07, 6.45) is 3.26. The molecule has 1 aromatic rings. The molecule has 0 aromatic carbocycles. The van der Waals surface area contributed by atoms with Crippen molar-refractivity contribution >= 4 is 17.3 Å². The molecule has 2 heterocycles. The molecule has 0 spiro atoms. The van der Waals surface area contributed by atoms with Crippen molar-refractivity contribution in [3.63, 3.8) is 0 Å². The Morgan fingerprint density at radius 3 is 2.90 bits per heavy atom. The molecule has 1 saturated heterocycles. The van der Waals surface area contributed by atoms with Crippen LogP contribution in [0.4, 0.5) is 0 Å². The Morgan fingerprint density at radius 2 is 2.30 bits per heavy atom. The van der Waals surface area contributed by atoms with E-state index in [-0.39, 0.29) is 11.6 Å². The first-order valence-electron chi connectivity index (χ1n) is 7.18. The summed E-state index contributed by atoms with van der Waals surface area (Å²) >= 11 is 1.57. The van der Waals surface area contributed by atoms with E-state index in [1.165, 1.54) is 0 Å². The van der Waals surface area contributed by atoms with Crippen molar-refractivity contribution in [1.29, 1.82) is 0 Å². The second-order valence-corrected chi connectivity index (χ2v) is 6.78. The number of rotatable bonds is 4. The van der Waals surface area contributed by atoms with E-state index in [1.54, 1.807) is 11.3 Å². The van der Waals surface area contributed by atoms with Gasteiger partial charge in [-0.2, -0.15) is 0 Å². The van der Waals surface area contributed by atoms with Crippen LogP contribution < -0.4 is 0 Å². The van der Waals surface area contributed by atoms with Gasteiger partial charge in [-0.05, 0) is 47.0 Å². The van der Waals surface area contributed by atoms with Gasteiger partial charge in [0.15, 0.2) is 0 Å². The van der Waals surface area contributed by atoms with Crippen LogP contribution in [0.5, 0.6) is 0 Å². The number of thiazole rings is 1. The molecule has 1 aliphatic heterocycles. The molecule has 20 heavy (non-hydrogen) atoms. The molecule has 0 saturated carbocycles. The third-order valence-corrected chi connectivity index (χ3v) is 4.94. The van der Waals surface area contributed by atoms with Crippen molar-refractivity contribution < 1.29 is 14.3 Å². The van der Waals surface area contributed by atoms with E-state index in [2.05, 4.69) is 11.9 Å². The maximum atomic E-state index is 12.0. The smallest absolute Gasteiger partial charge is 0.317 e. The van der Waals surface area contributed by atoms with Crippen LogP contribution in [0.3, 0.4) is 0 Å². The van der Waals surface area contributed by atoms with Crippen molar-refractivity contribution in [2.45, 2.75) is 58.0 Å². The Hall–Kier alpha value is -0.940. The van der Waals surface area contributed by atoms with Crippen LogP contribution in [0, 0.1) is 0 Å².